The van der Waals surface area contributed by atoms with E-state index in [-0.39, 0.29) is 0 Å². The van der Waals surface area contributed by atoms with Crippen LogP contribution < -0.4 is 9.47 Å². The van der Waals surface area contributed by atoms with E-state index in [0.717, 1.165) is 17.1 Å². The number of aromatic nitrogens is 3. The van der Waals surface area contributed by atoms with Crippen LogP contribution in [-0.2, 0) is 0 Å². The van der Waals surface area contributed by atoms with Crippen molar-refractivity contribution in [3.05, 3.63) is 54.9 Å². The number of methoxy groups -OCH3 is 2. The third kappa shape index (κ3) is 2.58. The lowest BCUT2D eigenvalue weighted by atomic mass is 10.2. The molecule has 0 saturated heterocycles. The van der Waals surface area contributed by atoms with E-state index in [1.54, 1.807) is 20.5 Å². The molecule has 106 valence electrons. The Balaban J connectivity index is 2.12. The maximum absolute atomic E-state index is 5.30. The lowest BCUT2D eigenvalue weighted by molar-refractivity contribution is 0.394. The molecule has 3 aromatic rings. The molecule has 0 bridgehead atoms. The molecule has 5 nitrogen and oxygen atoms in total. The van der Waals surface area contributed by atoms with Gasteiger partial charge < -0.3 is 9.47 Å². The van der Waals surface area contributed by atoms with Crippen LogP contribution >= 0.6 is 0 Å². The second-order valence-electron chi connectivity index (χ2n) is 4.46. The van der Waals surface area contributed by atoms with Crippen molar-refractivity contribution in [2.75, 3.05) is 14.2 Å². The van der Waals surface area contributed by atoms with Crippen LogP contribution in [0.2, 0.25) is 0 Å². The van der Waals surface area contributed by atoms with Crippen LogP contribution in [0.5, 0.6) is 11.5 Å². The first-order valence-corrected chi connectivity index (χ1v) is 6.50. The van der Waals surface area contributed by atoms with E-state index in [1.165, 1.54) is 0 Å². The summed E-state index contributed by atoms with van der Waals surface area (Å²) in [5.74, 6) is 2.16. The monoisotopic (exact) mass is 281 g/mol. The second kappa shape index (κ2) is 5.66. The van der Waals surface area contributed by atoms with Crippen molar-refractivity contribution in [2.45, 2.75) is 0 Å². The van der Waals surface area contributed by atoms with Crippen LogP contribution in [0.25, 0.3) is 17.1 Å². The Morgan fingerprint density at radius 2 is 1.57 bits per heavy atom. The molecule has 2 aromatic carbocycles. The number of rotatable bonds is 4. The highest BCUT2D eigenvalue weighted by atomic mass is 16.5. The molecule has 1 heterocycles. The molecule has 0 aliphatic heterocycles. The number of hydrogen-bond acceptors (Lipinski definition) is 4. The SMILES string of the molecule is COc1cc(OC)cc(-c2nncn2-c2ccccc2)c1. The van der Waals surface area contributed by atoms with Gasteiger partial charge in [-0.1, -0.05) is 18.2 Å². The largest absolute Gasteiger partial charge is 0.497 e. The van der Waals surface area contributed by atoms with Gasteiger partial charge in [-0.15, -0.1) is 10.2 Å². The minimum Gasteiger partial charge on any atom is -0.497 e. The van der Waals surface area contributed by atoms with Gasteiger partial charge in [-0.05, 0) is 24.3 Å². The lowest BCUT2D eigenvalue weighted by Crippen LogP contribution is -1.97. The predicted octanol–water partition coefficient (Wildman–Crippen LogP) is 2.95. The molecule has 1 aromatic heterocycles. The van der Waals surface area contributed by atoms with Gasteiger partial charge in [0.1, 0.15) is 17.8 Å². The summed E-state index contributed by atoms with van der Waals surface area (Å²) in [6.45, 7) is 0. The average molecular weight is 281 g/mol. The first-order chi connectivity index (χ1) is 10.3. The zero-order valence-corrected chi connectivity index (χ0v) is 11.9. The Morgan fingerprint density at radius 3 is 2.19 bits per heavy atom. The average Bonchev–Trinajstić information content (AvgIpc) is 3.04. The van der Waals surface area contributed by atoms with Crippen molar-refractivity contribution in [3.8, 4) is 28.6 Å². The fourth-order valence-electron chi connectivity index (χ4n) is 2.15. The molecular weight excluding hydrogens is 266 g/mol. The fourth-order valence-corrected chi connectivity index (χ4v) is 2.15. The Labute approximate surface area is 122 Å². The van der Waals surface area contributed by atoms with Crippen LogP contribution in [0.3, 0.4) is 0 Å². The van der Waals surface area contributed by atoms with Crippen LogP contribution in [0.4, 0.5) is 0 Å². The van der Waals surface area contributed by atoms with Crippen LogP contribution in [-0.4, -0.2) is 29.0 Å². The summed E-state index contributed by atoms with van der Waals surface area (Å²) in [5.41, 5.74) is 1.88. The van der Waals surface area contributed by atoms with Gasteiger partial charge >= 0.3 is 0 Å². The minimum atomic E-state index is 0.715. The molecule has 0 aliphatic carbocycles. The normalized spacial score (nSPS) is 10.4. The maximum Gasteiger partial charge on any atom is 0.168 e. The zero-order chi connectivity index (χ0) is 14.7. The maximum atomic E-state index is 5.30. The number of hydrogen-bond donors (Lipinski definition) is 0. The van der Waals surface area contributed by atoms with E-state index in [4.69, 9.17) is 9.47 Å². The molecule has 0 N–H and O–H groups in total. The first-order valence-electron chi connectivity index (χ1n) is 6.50. The first kappa shape index (κ1) is 13.2. The van der Waals surface area contributed by atoms with E-state index >= 15 is 0 Å². The molecule has 0 radical (unpaired) electrons. The molecule has 0 fully saturated rings. The van der Waals surface area contributed by atoms with Gasteiger partial charge in [0.15, 0.2) is 5.82 Å². The summed E-state index contributed by atoms with van der Waals surface area (Å²) < 4.78 is 12.5. The molecule has 5 heteroatoms. The van der Waals surface area contributed by atoms with Crippen molar-refractivity contribution in [1.82, 2.24) is 14.8 Å². The van der Waals surface area contributed by atoms with Gasteiger partial charge in [-0.2, -0.15) is 0 Å². The van der Waals surface area contributed by atoms with E-state index in [9.17, 15) is 0 Å². The van der Waals surface area contributed by atoms with Crippen molar-refractivity contribution >= 4 is 0 Å². The van der Waals surface area contributed by atoms with Gasteiger partial charge in [0.25, 0.3) is 0 Å². The van der Waals surface area contributed by atoms with Crippen LogP contribution in [0.1, 0.15) is 0 Å². The topological polar surface area (TPSA) is 49.2 Å². The number of ether oxygens (including phenoxy) is 2. The van der Waals surface area contributed by atoms with Crippen molar-refractivity contribution in [3.63, 3.8) is 0 Å². The summed E-state index contributed by atoms with van der Waals surface area (Å²) in [4.78, 5) is 0. The summed E-state index contributed by atoms with van der Waals surface area (Å²) in [5, 5.41) is 8.23. The fraction of sp³-hybridized carbons (Fsp3) is 0.125. The predicted molar refractivity (Wildman–Crippen MR) is 79.9 cm³/mol. The van der Waals surface area contributed by atoms with E-state index in [0.29, 0.717) is 11.5 Å². The van der Waals surface area contributed by atoms with Crippen molar-refractivity contribution in [2.24, 2.45) is 0 Å². The number of benzene rings is 2. The third-order valence-electron chi connectivity index (χ3n) is 3.19. The molecule has 0 saturated carbocycles. The molecule has 21 heavy (non-hydrogen) atoms. The molecule has 0 amide bonds. The number of nitrogens with zero attached hydrogens (tertiary/aromatic N) is 3. The summed E-state index contributed by atoms with van der Waals surface area (Å²) in [7, 11) is 3.25. The Kier molecular flexibility index (Phi) is 3.55. The van der Waals surface area contributed by atoms with E-state index < -0.39 is 0 Å². The highest BCUT2D eigenvalue weighted by Gasteiger charge is 2.11. The van der Waals surface area contributed by atoms with Gasteiger partial charge in [0.05, 0.1) is 14.2 Å². The highest BCUT2D eigenvalue weighted by Crippen LogP contribution is 2.29. The van der Waals surface area contributed by atoms with Crippen molar-refractivity contribution < 1.29 is 9.47 Å². The Bertz CT molecular complexity index is 716. The third-order valence-corrected chi connectivity index (χ3v) is 3.19. The highest BCUT2D eigenvalue weighted by molar-refractivity contribution is 5.63. The number of para-hydroxylation sites is 1. The van der Waals surface area contributed by atoms with E-state index in [1.807, 2.05) is 53.1 Å². The summed E-state index contributed by atoms with van der Waals surface area (Å²) in [6.07, 6.45) is 1.69. The quantitative estimate of drug-likeness (QED) is 0.737. The van der Waals surface area contributed by atoms with Crippen LogP contribution in [0.15, 0.2) is 54.9 Å². The van der Waals surface area contributed by atoms with E-state index in [2.05, 4.69) is 10.2 Å². The Morgan fingerprint density at radius 1 is 0.905 bits per heavy atom. The molecule has 0 unspecified atom stereocenters. The lowest BCUT2D eigenvalue weighted by Gasteiger charge is -2.10. The smallest absolute Gasteiger partial charge is 0.168 e. The second-order valence-corrected chi connectivity index (χ2v) is 4.46. The van der Waals surface area contributed by atoms with Gasteiger partial charge in [0.2, 0.25) is 0 Å². The molecular formula is C16H15N3O2. The Hall–Kier alpha value is -2.82. The summed E-state index contributed by atoms with van der Waals surface area (Å²) >= 11 is 0. The van der Waals surface area contributed by atoms with Crippen LogP contribution in [0, 0.1) is 0 Å². The van der Waals surface area contributed by atoms with Gasteiger partial charge in [-0.3, -0.25) is 4.57 Å². The molecule has 0 atom stereocenters. The molecule has 0 aliphatic rings. The van der Waals surface area contributed by atoms with Gasteiger partial charge in [0, 0.05) is 17.3 Å². The zero-order valence-electron chi connectivity index (χ0n) is 11.9. The standard InChI is InChI=1S/C16H15N3O2/c1-20-14-8-12(9-15(10-14)21-2)16-18-17-11-19(16)13-6-4-3-5-7-13/h3-11H,1-2H3. The van der Waals surface area contributed by atoms with Gasteiger partial charge in [-0.25, -0.2) is 0 Å². The minimum absolute atomic E-state index is 0.715. The van der Waals surface area contributed by atoms with Crippen molar-refractivity contribution in [1.29, 1.82) is 0 Å². The molecule has 0 spiro atoms. The molecule has 3 rings (SSSR count). The summed E-state index contributed by atoms with van der Waals surface area (Å²) in [6, 6.07) is 15.6.